The Morgan fingerprint density at radius 1 is 1.42 bits per heavy atom. The predicted molar refractivity (Wildman–Crippen MR) is 87.0 cm³/mol. The second-order valence-electron chi connectivity index (χ2n) is 6.71. The average Bonchev–Trinajstić information content (AvgIpc) is 3.12. The third kappa shape index (κ3) is 4.09. The van der Waals surface area contributed by atoms with E-state index in [0.717, 1.165) is 4.68 Å². The molecule has 0 fully saturated rings. The molecular weight excluding hydrogens is 371 g/mol. The fourth-order valence-electron chi connectivity index (χ4n) is 2.98. The van der Waals surface area contributed by atoms with Crippen molar-refractivity contribution in [1.29, 1.82) is 0 Å². The van der Waals surface area contributed by atoms with Crippen LogP contribution in [0.15, 0.2) is 17.4 Å². The van der Waals surface area contributed by atoms with Gasteiger partial charge in [0.1, 0.15) is 12.4 Å². The SMILES string of the molecule is CC(C)c1ncc(S(=O)(=O)NC2CCCc3cn(CC(F)(F)F)nc32)[nH]1. The van der Waals surface area contributed by atoms with Crippen LogP contribution in [0.5, 0.6) is 0 Å². The van der Waals surface area contributed by atoms with Crippen LogP contribution in [0.3, 0.4) is 0 Å². The van der Waals surface area contributed by atoms with Crippen LogP contribution in [0, 0.1) is 0 Å². The van der Waals surface area contributed by atoms with Gasteiger partial charge in [-0.2, -0.15) is 18.3 Å². The van der Waals surface area contributed by atoms with Gasteiger partial charge in [-0.3, -0.25) is 4.68 Å². The van der Waals surface area contributed by atoms with Crippen molar-refractivity contribution in [2.75, 3.05) is 0 Å². The van der Waals surface area contributed by atoms with Crippen molar-refractivity contribution in [3.8, 4) is 0 Å². The topological polar surface area (TPSA) is 92.7 Å². The van der Waals surface area contributed by atoms with Gasteiger partial charge in [-0.15, -0.1) is 0 Å². The summed E-state index contributed by atoms with van der Waals surface area (Å²) >= 11 is 0. The van der Waals surface area contributed by atoms with Gasteiger partial charge < -0.3 is 4.98 Å². The summed E-state index contributed by atoms with van der Waals surface area (Å²) in [7, 11) is -3.88. The molecule has 26 heavy (non-hydrogen) atoms. The highest BCUT2D eigenvalue weighted by molar-refractivity contribution is 7.89. The first kappa shape index (κ1) is 18.9. The molecule has 0 bridgehead atoms. The van der Waals surface area contributed by atoms with Crippen molar-refractivity contribution in [1.82, 2.24) is 24.5 Å². The number of aryl methyl sites for hydroxylation is 1. The summed E-state index contributed by atoms with van der Waals surface area (Å²) in [5, 5.41) is 3.91. The summed E-state index contributed by atoms with van der Waals surface area (Å²) in [5.74, 6) is 0.586. The van der Waals surface area contributed by atoms with Gasteiger partial charge in [0, 0.05) is 12.1 Å². The molecule has 0 aromatic carbocycles. The van der Waals surface area contributed by atoms with Crippen molar-refractivity contribution in [3.05, 3.63) is 29.5 Å². The third-order valence-electron chi connectivity index (χ3n) is 4.19. The van der Waals surface area contributed by atoms with Crippen molar-refractivity contribution < 1.29 is 21.6 Å². The molecule has 1 atom stereocenters. The number of aromatic nitrogens is 4. The van der Waals surface area contributed by atoms with Gasteiger partial charge in [0.15, 0.2) is 5.03 Å². The van der Waals surface area contributed by atoms with E-state index in [1.54, 1.807) is 0 Å². The van der Waals surface area contributed by atoms with Gasteiger partial charge in [-0.25, -0.2) is 18.1 Å². The maximum Gasteiger partial charge on any atom is 0.408 e. The summed E-state index contributed by atoms with van der Waals surface area (Å²) in [4.78, 5) is 6.81. The number of aromatic amines is 1. The first-order valence-electron chi connectivity index (χ1n) is 8.25. The molecule has 11 heteroatoms. The summed E-state index contributed by atoms with van der Waals surface area (Å²) in [6, 6.07) is -0.663. The molecule has 2 N–H and O–H groups in total. The normalized spacial score (nSPS) is 18.3. The summed E-state index contributed by atoms with van der Waals surface area (Å²) in [5.41, 5.74) is 0.994. The minimum atomic E-state index is -4.38. The molecule has 0 spiro atoms. The highest BCUT2D eigenvalue weighted by Crippen LogP contribution is 2.30. The van der Waals surface area contributed by atoms with Gasteiger partial charge in [0.25, 0.3) is 10.0 Å². The van der Waals surface area contributed by atoms with Crippen LogP contribution in [0.25, 0.3) is 0 Å². The molecule has 0 saturated heterocycles. The highest BCUT2D eigenvalue weighted by atomic mass is 32.2. The van der Waals surface area contributed by atoms with Crippen molar-refractivity contribution in [3.63, 3.8) is 0 Å². The quantitative estimate of drug-likeness (QED) is 0.820. The van der Waals surface area contributed by atoms with Gasteiger partial charge in [-0.1, -0.05) is 13.8 Å². The predicted octanol–water partition coefficient (Wildman–Crippen LogP) is 2.65. The Labute approximate surface area is 149 Å². The monoisotopic (exact) mass is 391 g/mol. The zero-order valence-electron chi connectivity index (χ0n) is 14.3. The summed E-state index contributed by atoms with van der Waals surface area (Å²) < 4.78 is 66.3. The van der Waals surface area contributed by atoms with E-state index in [4.69, 9.17) is 0 Å². The number of sulfonamides is 1. The number of fused-ring (bicyclic) bond motifs is 1. The molecule has 1 aliphatic carbocycles. The van der Waals surface area contributed by atoms with E-state index < -0.39 is 28.8 Å². The molecule has 2 aromatic rings. The first-order valence-corrected chi connectivity index (χ1v) is 9.73. The van der Waals surface area contributed by atoms with Crippen molar-refractivity contribution in [2.45, 2.75) is 62.8 Å². The third-order valence-corrected chi connectivity index (χ3v) is 5.57. The largest absolute Gasteiger partial charge is 0.408 e. The Morgan fingerprint density at radius 3 is 2.77 bits per heavy atom. The number of hydrogen-bond acceptors (Lipinski definition) is 4. The second-order valence-corrected chi connectivity index (χ2v) is 8.39. The number of H-pyrrole nitrogens is 1. The number of rotatable bonds is 5. The molecule has 3 rings (SSSR count). The number of imidazole rings is 1. The number of halogens is 3. The van der Waals surface area contributed by atoms with Crippen LogP contribution in [0.4, 0.5) is 13.2 Å². The standard InChI is InChI=1S/C15H20F3N5O2S/c1-9(2)14-19-6-12(20-14)26(24,25)22-11-5-3-4-10-7-23(21-13(10)11)8-15(16,17)18/h6-7,9,11,22H,3-5,8H2,1-2H3,(H,19,20). The lowest BCUT2D eigenvalue weighted by Crippen LogP contribution is -2.31. The molecule has 0 amide bonds. The van der Waals surface area contributed by atoms with Gasteiger partial charge in [0.05, 0.1) is 17.9 Å². The first-order chi connectivity index (χ1) is 12.0. The molecule has 0 aliphatic heterocycles. The number of nitrogens with zero attached hydrogens (tertiary/aromatic N) is 3. The molecule has 1 unspecified atom stereocenters. The molecule has 2 aromatic heterocycles. The van der Waals surface area contributed by atoms with E-state index in [9.17, 15) is 21.6 Å². The highest BCUT2D eigenvalue weighted by Gasteiger charge is 2.33. The maximum atomic E-state index is 12.6. The molecule has 7 nitrogen and oxygen atoms in total. The zero-order chi connectivity index (χ0) is 19.1. The van der Waals surface area contributed by atoms with Gasteiger partial charge in [0.2, 0.25) is 0 Å². The Morgan fingerprint density at radius 2 is 2.15 bits per heavy atom. The van der Waals surface area contributed by atoms with Gasteiger partial charge >= 0.3 is 6.18 Å². The van der Waals surface area contributed by atoms with E-state index >= 15 is 0 Å². The minimum Gasteiger partial charge on any atom is -0.332 e. The van der Waals surface area contributed by atoms with E-state index in [0.29, 0.717) is 36.3 Å². The average molecular weight is 391 g/mol. The molecular formula is C15H20F3N5O2S. The summed E-state index contributed by atoms with van der Waals surface area (Å²) in [6.07, 6.45) is -0.0850. The van der Waals surface area contributed by atoms with E-state index in [1.165, 1.54) is 12.4 Å². The minimum absolute atomic E-state index is 0.0401. The van der Waals surface area contributed by atoms with Crippen LogP contribution < -0.4 is 4.72 Å². The Bertz CT molecular complexity index is 885. The molecule has 0 radical (unpaired) electrons. The van der Waals surface area contributed by atoms with Crippen LogP contribution >= 0.6 is 0 Å². The lowest BCUT2D eigenvalue weighted by molar-refractivity contribution is -0.142. The van der Waals surface area contributed by atoms with Crippen LogP contribution in [0.2, 0.25) is 0 Å². The Kier molecular flexibility index (Phi) is 4.86. The molecule has 2 heterocycles. The lowest BCUT2D eigenvalue weighted by atomic mass is 9.94. The van der Waals surface area contributed by atoms with E-state index in [1.807, 2.05) is 13.8 Å². The van der Waals surface area contributed by atoms with Crippen molar-refractivity contribution in [2.24, 2.45) is 0 Å². The van der Waals surface area contributed by atoms with Crippen LogP contribution in [-0.4, -0.2) is 34.3 Å². The Balaban J connectivity index is 1.83. The Hall–Kier alpha value is -1.88. The van der Waals surface area contributed by atoms with Gasteiger partial charge in [-0.05, 0) is 24.8 Å². The van der Waals surface area contributed by atoms with Crippen molar-refractivity contribution >= 4 is 10.0 Å². The lowest BCUT2D eigenvalue weighted by Gasteiger charge is -2.21. The number of hydrogen-bond donors (Lipinski definition) is 2. The molecule has 0 saturated carbocycles. The second kappa shape index (κ2) is 6.69. The fraction of sp³-hybridized carbons (Fsp3) is 0.600. The molecule has 1 aliphatic rings. The number of alkyl halides is 3. The van der Waals surface area contributed by atoms with E-state index in [-0.39, 0.29) is 10.9 Å². The maximum absolute atomic E-state index is 12.6. The number of nitrogens with one attached hydrogen (secondary N) is 2. The molecule has 144 valence electrons. The fourth-order valence-corrected chi connectivity index (χ4v) is 4.14. The van der Waals surface area contributed by atoms with E-state index in [2.05, 4.69) is 19.8 Å². The zero-order valence-corrected chi connectivity index (χ0v) is 15.2. The van der Waals surface area contributed by atoms with Crippen LogP contribution in [-0.2, 0) is 23.0 Å². The summed E-state index contributed by atoms with van der Waals surface area (Å²) in [6.45, 7) is 2.56. The van der Waals surface area contributed by atoms with Crippen LogP contribution in [0.1, 0.15) is 55.7 Å². The smallest absolute Gasteiger partial charge is 0.332 e.